The molecule has 1 heterocycles. The smallest absolute Gasteiger partial charge is 0.322 e. The molecular weight excluding hydrogens is 298 g/mol. The first-order valence-corrected chi connectivity index (χ1v) is 7.26. The minimum atomic E-state index is 0. The fourth-order valence-corrected chi connectivity index (χ4v) is 2.52. The average Bonchev–Trinajstić information content (AvgIpc) is 2.58. The summed E-state index contributed by atoms with van der Waals surface area (Å²) in [5, 5.41) is 3.28. The zero-order valence-corrected chi connectivity index (χ0v) is 13.1. The minimum Gasteiger partial charge on any atom is -0.322 e. The Morgan fingerprint density at radius 2 is 1.32 bits per heavy atom. The van der Waals surface area contributed by atoms with Gasteiger partial charge in [-0.05, 0) is 24.3 Å². The van der Waals surface area contributed by atoms with Crippen LogP contribution in [-0.4, -0.2) is 37.1 Å². The van der Waals surface area contributed by atoms with Crippen LogP contribution >= 0.6 is 12.4 Å². The molecule has 0 radical (unpaired) electrons. The molecule has 4 nitrogen and oxygen atoms in total. The molecule has 0 bridgehead atoms. The standard InChI is InChI=1S/C17H19N3O.ClH/c21-17(19-13-11-18-12-14-19)20(15-7-3-1-4-8-15)16-9-5-2-6-10-16;/h1-10,18H,11-14H2;1H. The highest BCUT2D eigenvalue weighted by Gasteiger charge is 2.24. The SMILES string of the molecule is Cl.O=C(N1CCNCC1)N(c1ccccc1)c1ccccc1. The lowest BCUT2D eigenvalue weighted by Crippen LogP contribution is -2.50. The number of benzene rings is 2. The van der Waals surface area contributed by atoms with Gasteiger partial charge in [-0.2, -0.15) is 0 Å². The lowest BCUT2D eigenvalue weighted by Gasteiger charge is -2.33. The molecule has 0 spiro atoms. The van der Waals surface area contributed by atoms with Gasteiger partial charge >= 0.3 is 6.03 Å². The summed E-state index contributed by atoms with van der Waals surface area (Å²) in [5.74, 6) is 0. The van der Waals surface area contributed by atoms with E-state index in [9.17, 15) is 4.79 Å². The van der Waals surface area contributed by atoms with Crippen molar-refractivity contribution in [2.24, 2.45) is 0 Å². The van der Waals surface area contributed by atoms with Gasteiger partial charge < -0.3 is 10.2 Å². The number of carbonyl (C=O) groups is 1. The average molecular weight is 318 g/mol. The van der Waals surface area contributed by atoms with Crippen molar-refractivity contribution >= 4 is 29.8 Å². The molecule has 0 atom stereocenters. The molecule has 0 aromatic heterocycles. The number of nitrogens with zero attached hydrogens (tertiary/aromatic N) is 2. The second-order valence-corrected chi connectivity index (χ2v) is 5.03. The summed E-state index contributed by atoms with van der Waals surface area (Å²) >= 11 is 0. The van der Waals surface area contributed by atoms with E-state index in [4.69, 9.17) is 0 Å². The Labute approximate surface area is 137 Å². The van der Waals surface area contributed by atoms with Crippen molar-refractivity contribution < 1.29 is 4.79 Å². The third kappa shape index (κ3) is 3.59. The molecule has 1 saturated heterocycles. The van der Waals surface area contributed by atoms with Crippen LogP contribution in [0.5, 0.6) is 0 Å². The predicted molar refractivity (Wildman–Crippen MR) is 92.1 cm³/mol. The van der Waals surface area contributed by atoms with Crippen molar-refractivity contribution in [3.8, 4) is 0 Å². The Morgan fingerprint density at radius 3 is 1.77 bits per heavy atom. The number of nitrogens with one attached hydrogen (secondary N) is 1. The van der Waals surface area contributed by atoms with Crippen LogP contribution in [0.1, 0.15) is 0 Å². The summed E-state index contributed by atoms with van der Waals surface area (Å²) in [6.07, 6.45) is 0. The maximum atomic E-state index is 12.9. The number of halogens is 1. The Kier molecular flexibility index (Phi) is 5.81. The Hall–Kier alpha value is -2.04. The number of urea groups is 1. The van der Waals surface area contributed by atoms with Crippen molar-refractivity contribution in [2.45, 2.75) is 0 Å². The largest absolute Gasteiger partial charge is 0.329 e. The molecule has 2 amide bonds. The van der Waals surface area contributed by atoms with Crippen LogP contribution in [0.15, 0.2) is 60.7 Å². The first kappa shape index (κ1) is 16.3. The van der Waals surface area contributed by atoms with E-state index in [-0.39, 0.29) is 18.4 Å². The van der Waals surface area contributed by atoms with E-state index in [2.05, 4.69) is 5.32 Å². The lowest BCUT2D eigenvalue weighted by molar-refractivity contribution is 0.199. The minimum absolute atomic E-state index is 0. The van der Waals surface area contributed by atoms with Gasteiger partial charge in [0.2, 0.25) is 0 Å². The number of piperazine rings is 1. The van der Waals surface area contributed by atoms with Crippen molar-refractivity contribution in [3.05, 3.63) is 60.7 Å². The fourth-order valence-electron chi connectivity index (χ4n) is 2.52. The van der Waals surface area contributed by atoms with E-state index in [0.717, 1.165) is 37.6 Å². The van der Waals surface area contributed by atoms with Gasteiger partial charge in [-0.25, -0.2) is 4.79 Å². The fraction of sp³-hybridized carbons (Fsp3) is 0.235. The molecule has 1 aliphatic rings. The number of hydrogen-bond donors (Lipinski definition) is 1. The van der Waals surface area contributed by atoms with Gasteiger partial charge in [-0.1, -0.05) is 36.4 Å². The van der Waals surface area contributed by atoms with Crippen molar-refractivity contribution in [3.63, 3.8) is 0 Å². The van der Waals surface area contributed by atoms with E-state index in [1.165, 1.54) is 0 Å². The second-order valence-electron chi connectivity index (χ2n) is 5.03. The Bertz CT molecular complexity index is 546. The van der Waals surface area contributed by atoms with Crippen molar-refractivity contribution in [2.75, 3.05) is 31.1 Å². The van der Waals surface area contributed by atoms with Crippen LogP contribution in [0.2, 0.25) is 0 Å². The third-order valence-corrected chi connectivity index (χ3v) is 3.61. The molecule has 0 aliphatic carbocycles. The third-order valence-electron chi connectivity index (χ3n) is 3.61. The van der Waals surface area contributed by atoms with Crippen LogP contribution in [-0.2, 0) is 0 Å². The number of carbonyl (C=O) groups excluding carboxylic acids is 1. The molecule has 5 heteroatoms. The van der Waals surface area contributed by atoms with E-state index in [0.29, 0.717) is 0 Å². The predicted octanol–water partition coefficient (Wildman–Crippen LogP) is 3.27. The summed E-state index contributed by atoms with van der Waals surface area (Å²) in [6, 6.07) is 19.6. The monoisotopic (exact) mass is 317 g/mol. The van der Waals surface area contributed by atoms with Crippen molar-refractivity contribution in [1.82, 2.24) is 10.2 Å². The summed E-state index contributed by atoms with van der Waals surface area (Å²) in [5.41, 5.74) is 1.79. The number of hydrogen-bond acceptors (Lipinski definition) is 2. The highest BCUT2D eigenvalue weighted by atomic mass is 35.5. The van der Waals surface area contributed by atoms with E-state index in [1.807, 2.05) is 65.6 Å². The topological polar surface area (TPSA) is 35.6 Å². The Morgan fingerprint density at radius 1 is 0.864 bits per heavy atom. The maximum absolute atomic E-state index is 12.9. The van der Waals surface area contributed by atoms with Gasteiger partial charge in [0, 0.05) is 26.2 Å². The summed E-state index contributed by atoms with van der Waals surface area (Å²) in [6.45, 7) is 3.19. The van der Waals surface area contributed by atoms with Crippen molar-refractivity contribution in [1.29, 1.82) is 0 Å². The van der Waals surface area contributed by atoms with Gasteiger partial charge in [-0.15, -0.1) is 12.4 Å². The quantitative estimate of drug-likeness (QED) is 0.922. The first-order valence-electron chi connectivity index (χ1n) is 7.26. The molecule has 2 aromatic carbocycles. The second kappa shape index (κ2) is 7.82. The molecule has 1 fully saturated rings. The lowest BCUT2D eigenvalue weighted by atomic mass is 10.2. The number of anilines is 2. The van der Waals surface area contributed by atoms with Crippen LogP contribution in [0.4, 0.5) is 16.2 Å². The Balaban J connectivity index is 0.00000176. The zero-order chi connectivity index (χ0) is 14.5. The first-order chi connectivity index (χ1) is 10.4. The van der Waals surface area contributed by atoms with Crippen LogP contribution in [0.3, 0.4) is 0 Å². The molecule has 1 N–H and O–H groups in total. The van der Waals surface area contributed by atoms with Gasteiger partial charge in [0.25, 0.3) is 0 Å². The van der Waals surface area contributed by atoms with Crippen LogP contribution in [0, 0.1) is 0 Å². The van der Waals surface area contributed by atoms with Gasteiger partial charge in [-0.3, -0.25) is 4.90 Å². The van der Waals surface area contributed by atoms with Gasteiger partial charge in [0.05, 0.1) is 11.4 Å². The summed E-state index contributed by atoms with van der Waals surface area (Å²) in [4.78, 5) is 16.6. The number of amides is 2. The van der Waals surface area contributed by atoms with Gasteiger partial charge in [0.1, 0.15) is 0 Å². The molecule has 0 saturated carbocycles. The molecule has 3 rings (SSSR count). The normalized spacial score (nSPS) is 14.1. The summed E-state index contributed by atoms with van der Waals surface area (Å²) < 4.78 is 0. The molecular formula is C17H20ClN3O. The maximum Gasteiger partial charge on any atom is 0.329 e. The highest BCUT2D eigenvalue weighted by Crippen LogP contribution is 2.26. The van der Waals surface area contributed by atoms with Crippen LogP contribution < -0.4 is 10.2 Å². The zero-order valence-electron chi connectivity index (χ0n) is 12.3. The van der Waals surface area contributed by atoms with E-state index >= 15 is 0 Å². The number of para-hydroxylation sites is 2. The molecule has 1 aliphatic heterocycles. The number of rotatable bonds is 2. The molecule has 22 heavy (non-hydrogen) atoms. The van der Waals surface area contributed by atoms with Gasteiger partial charge in [0.15, 0.2) is 0 Å². The van der Waals surface area contributed by atoms with Crippen LogP contribution in [0.25, 0.3) is 0 Å². The summed E-state index contributed by atoms with van der Waals surface area (Å²) in [7, 11) is 0. The molecule has 0 unspecified atom stereocenters. The molecule has 2 aromatic rings. The van der Waals surface area contributed by atoms with E-state index in [1.54, 1.807) is 4.90 Å². The highest BCUT2D eigenvalue weighted by molar-refractivity contribution is 5.99. The van der Waals surface area contributed by atoms with E-state index < -0.39 is 0 Å². The molecule has 116 valence electrons.